The van der Waals surface area contributed by atoms with Crippen LogP contribution >= 0.6 is 0 Å². The fourth-order valence-electron chi connectivity index (χ4n) is 5.54. The third-order valence-electron chi connectivity index (χ3n) is 7.99. The third kappa shape index (κ3) is 15.4. The summed E-state index contributed by atoms with van der Waals surface area (Å²) < 4.78 is 45.9. The average Bonchev–Trinajstić information content (AvgIpc) is 3.06. The number of hydrogen-bond donors (Lipinski definition) is 6. The lowest BCUT2D eigenvalue weighted by Gasteiger charge is -2.31. The number of carbonyl (C=O) groups excluding carboxylic acids is 7. The van der Waals surface area contributed by atoms with Gasteiger partial charge in [0.25, 0.3) is 5.91 Å². The molecule has 1 aromatic carbocycles. The van der Waals surface area contributed by atoms with Crippen LogP contribution in [0.3, 0.4) is 0 Å². The summed E-state index contributed by atoms with van der Waals surface area (Å²) in [6, 6.07) is 1.58. The van der Waals surface area contributed by atoms with Crippen molar-refractivity contribution >= 4 is 41.4 Å². The largest absolute Gasteiger partial charge is 0.449 e. The Morgan fingerprint density at radius 1 is 0.824 bits per heavy atom. The van der Waals surface area contributed by atoms with E-state index in [1.54, 1.807) is 32.0 Å². The van der Waals surface area contributed by atoms with Crippen LogP contribution in [0.25, 0.3) is 0 Å². The van der Waals surface area contributed by atoms with Crippen molar-refractivity contribution < 1.29 is 51.5 Å². The summed E-state index contributed by atoms with van der Waals surface area (Å²) in [5.41, 5.74) is 5.68. The smallest absolute Gasteiger partial charge is 0.407 e. The Morgan fingerprint density at radius 2 is 1.43 bits per heavy atom. The molecule has 0 aromatic heterocycles. The number of primary amides is 1. The molecule has 3 unspecified atom stereocenters. The summed E-state index contributed by atoms with van der Waals surface area (Å²) in [5, 5.41) is 11.2. The first kappa shape index (κ1) is 42.5. The lowest BCUT2D eigenvalue weighted by Crippen LogP contribution is -2.59. The molecule has 1 aliphatic rings. The standard InChI is InChI=1S/C34H49F3N6O8/c1-19(2)15-23(40-31(48)27(22-13-9-6-10-14-22)43-33(50)51-18-20(3)4)30(47)41-24(16-34(35,36)37)28(45)32(49)39-17-25(44)42-26(29(38)46)21-11-7-5-8-12-21/h5,7-8,11-12,19-20,22-24,26-27H,6,9-10,13-18H2,1-4H3,(H2,38,46)(H,39,49)(H,40,48)(H,41,47)(H,42,44)(H,43,50)/t23?,24?,26?,27-/m0/s1. The molecule has 1 aliphatic carbocycles. The molecule has 0 aliphatic heterocycles. The zero-order valence-corrected chi connectivity index (χ0v) is 29.3. The van der Waals surface area contributed by atoms with Crippen molar-refractivity contribution in [1.82, 2.24) is 26.6 Å². The topological polar surface area (TPSA) is 215 Å². The number of hydrogen-bond acceptors (Lipinski definition) is 8. The van der Waals surface area contributed by atoms with E-state index in [0.717, 1.165) is 19.3 Å². The van der Waals surface area contributed by atoms with Crippen LogP contribution in [0.5, 0.6) is 0 Å². The molecule has 0 saturated heterocycles. The summed E-state index contributed by atoms with van der Waals surface area (Å²) >= 11 is 0. The van der Waals surface area contributed by atoms with Crippen molar-refractivity contribution in [1.29, 1.82) is 0 Å². The van der Waals surface area contributed by atoms with Gasteiger partial charge in [-0.25, -0.2) is 4.79 Å². The molecule has 1 saturated carbocycles. The van der Waals surface area contributed by atoms with Crippen LogP contribution in [-0.2, 0) is 33.5 Å². The molecule has 2 rings (SSSR count). The van der Waals surface area contributed by atoms with E-state index >= 15 is 0 Å². The first-order chi connectivity index (χ1) is 23.9. The summed E-state index contributed by atoms with van der Waals surface area (Å²) in [4.78, 5) is 89.5. The number of benzene rings is 1. The molecule has 0 bridgehead atoms. The molecular formula is C34H49F3N6O8. The van der Waals surface area contributed by atoms with Crippen LogP contribution in [0.4, 0.5) is 18.0 Å². The van der Waals surface area contributed by atoms with Gasteiger partial charge in [-0.1, -0.05) is 77.3 Å². The van der Waals surface area contributed by atoms with Crippen molar-refractivity contribution in [3.63, 3.8) is 0 Å². The highest BCUT2D eigenvalue weighted by molar-refractivity contribution is 6.38. The Labute approximate surface area is 294 Å². The SMILES string of the molecule is CC(C)COC(=O)N[C@H](C(=O)NC(CC(C)C)C(=O)NC(CC(F)(F)F)C(=O)C(=O)NCC(=O)NC(C(N)=O)c1ccccc1)C1CCCCC1. The predicted octanol–water partition coefficient (Wildman–Crippen LogP) is 2.31. The molecule has 7 N–H and O–H groups in total. The maximum atomic E-state index is 13.6. The van der Waals surface area contributed by atoms with E-state index in [1.165, 1.54) is 12.1 Å². The van der Waals surface area contributed by atoms with Crippen LogP contribution < -0.4 is 32.3 Å². The number of Topliss-reactive ketones (excluding diaryl/α,β-unsaturated/α-hetero) is 1. The van der Waals surface area contributed by atoms with Crippen molar-refractivity contribution in [3.05, 3.63) is 35.9 Å². The molecule has 51 heavy (non-hydrogen) atoms. The number of alkyl carbamates (subject to hydrolysis) is 1. The highest BCUT2D eigenvalue weighted by Crippen LogP contribution is 2.27. The number of carbonyl (C=O) groups is 7. The number of halogens is 3. The van der Waals surface area contributed by atoms with E-state index in [4.69, 9.17) is 10.5 Å². The number of nitrogens with one attached hydrogen (secondary N) is 5. The molecule has 14 nitrogen and oxygen atoms in total. The second-order valence-electron chi connectivity index (χ2n) is 13.4. The molecule has 0 radical (unpaired) electrons. The quantitative estimate of drug-likeness (QED) is 0.123. The summed E-state index contributed by atoms with van der Waals surface area (Å²) in [7, 11) is 0. The lowest BCUT2D eigenvalue weighted by atomic mass is 9.83. The zero-order valence-electron chi connectivity index (χ0n) is 29.3. The highest BCUT2D eigenvalue weighted by atomic mass is 19.4. The molecule has 6 amide bonds. The van der Waals surface area contributed by atoms with Gasteiger partial charge < -0.3 is 37.1 Å². The summed E-state index contributed by atoms with van der Waals surface area (Å²) in [6.45, 7) is 6.25. The number of nitrogens with two attached hydrogens (primary N) is 1. The van der Waals surface area contributed by atoms with Gasteiger partial charge in [0, 0.05) is 0 Å². The van der Waals surface area contributed by atoms with Gasteiger partial charge in [0.05, 0.1) is 19.6 Å². The normalized spacial score (nSPS) is 15.9. The Morgan fingerprint density at radius 3 is 1.98 bits per heavy atom. The molecule has 1 aromatic rings. The summed E-state index contributed by atoms with van der Waals surface area (Å²) in [6.07, 6.45) is -4.08. The minimum atomic E-state index is -5.02. The second-order valence-corrected chi connectivity index (χ2v) is 13.4. The summed E-state index contributed by atoms with van der Waals surface area (Å²) in [5.74, 6) is -7.67. The third-order valence-corrected chi connectivity index (χ3v) is 7.99. The minimum Gasteiger partial charge on any atom is -0.449 e. The van der Waals surface area contributed by atoms with Crippen molar-refractivity contribution in [2.75, 3.05) is 13.2 Å². The molecule has 0 spiro atoms. The van der Waals surface area contributed by atoms with Crippen LogP contribution in [0, 0.1) is 17.8 Å². The first-order valence-corrected chi connectivity index (χ1v) is 16.9. The Balaban J connectivity index is 2.18. The van der Waals surface area contributed by atoms with E-state index in [2.05, 4.69) is 16.0 Å². The van der Waals surface area contributed by atoms with Gasteiger partial charge in [0.2, 0.25) is 29.4 Å². The maximum Gasteiger partial charge on any atom is 0.407 e. The number of amides is 6. The van der Waals surface area contributed by atoms with Gasteiger partial charge in [-0.05, 0) is 42.6 Å². The molecule has 284 valence electrons. The van der Waals surface area contributed by atoms with Crippen LogP contribution in [0.15, 0.2) is 30.3 Å². The van der Waals surface area contributed by atoms with Gasteiger partial charge in [0.1, 0.15) is 24.2 Å². The molecule has 1 fully saturated rings. The van der Waals surface area contributed by atoms with Crippen LogP contribution in [-0.4, -0.2) is 78.9 Å². The number of rotatable bonds is 18. The number of ketones is 1. The Hall–Kier alpha value is -4.70. The van der Waals surface area contributed by atoms with E-state index in [9.17, 15) is 46.7 Å². The van der Waals surface area contributed by atoms with E-state index in [-0.39, 0.29) is 30.8 Å². The number of alkyl halides is 3. The fourth-order valence-corrected chi connectivity index (χ4v) is 5.54. The fraction of sp³-hybridized carbons (Fsp3) is 0.618. The van der Waals surface area contributed by atoms with Crippen molar-refractivity contribution in [2.45, 2.75) is 103 Å². The second kappa shape index (κ2) is 20.2. The Bertz CT molecular complexity index is 1370. The minimum absolute atomic E-state index is 0.0252. The Kier molecular flexibility index (Phi) is 16.8. The molecule has 0 heterocycles. The van der Waals surface area contributed by atoms with Crippen LogP contribution in [0.2, 0.25) is 0 Å². The van der Waals surface area contributed by atoms with Gasteiger partial charge in [-0.3, -0.25) is 28.8 Å². The van der Waals surface area contributed by atoms with Gasteiger partial charge >= 0.3 is 12.3 Å². The molecule has 17 heteroatoms. The van der Waals surface area contributed by atoms with E-state index in [1.807, 2.05) is 24.5 Å². The lowest BCUT2D eigenvalue weighted by molar-refractivity contribution is -0.154. The number of ether oxygens (including phenoxy) is 1. The van der Waals surface area contributed by atoms with E-state index in [0.29, 0.717) is 18.4 Å². The zero-order chi connectivity index (χ0) is 38.3. The first-order valence-electron chi connectivity index (χ1n) is 16.9. The van der Waals surface area contributed by atoms with Gasteiger partial charge in [-0.15, -0.1) is 0 Å². The maximum absolute atomic E-state index is 13.6. The van der Waals surface area contributed by atoms with Gasteiger partial charge in [0.15, 0.2) is 0 Å². The van der Waals surface area contributed by atoms with Crippen molar-refractivity contribution in [3.8, 4) is 0 Å². The van der Waals surface area contributed by atoms with Crippen molar-refractivity contribution in [2.24, 2.45) is 23.5 Å². The molecule has 4 atom stereocenters. The molecular weight excluding hydrogens is 677 g/mol. The van der Waals surface area contributed by atoms with Gasteiger partial charge in [-0.2, -0.15) is 13.2 Å². The average molecular weight is 727 g/mol. The predicted molar refractivity (Wildman–Crippen MR) is 178 cm³/mol. The van der Waals surface area contributed by atoms with Crippen LogP contribution in [0.1, 0.15) is 84.2 Å². The highest BCUT2D eigenvalue weighted by Gasteiger charge is 2.40. The monoisotopic (exact) mass is 726 g/mol. The van der Waals surface area contributed by atoms with E-state index < -0.39 is 84.7 Å².